The monoisotopic (exact) mass is 315 g/mol. The van der Waals surface area contributed by atoms with Crippen LogP contribution in [-0.2, 0) is 4.79 Å². The summed E-state index contributed by atoms with van der Waals surface area (Å²) in [5.41, 5.74) is 1.34. The van der Waals surface area contributed by atoms with Crippen molar-refractivity contribution in [3.63, 3.8) is 0 Å². The van der Waals surface area contributed by atoms with E-state index in [9.17, 15) is 9.59 Å². The van der Waals surface area contributed by atoms with Gasteiger partial charge in [0.2, 0.25) is 5.43 Å². The van der Waals surface area contributed by atoms with Crippen LogP contribution in [0.4, 0.5) is 0 Å². The molecular weight excluding hydrogens is 302 g/mol. The molecule has 0 amide bonds. The van der Waals surface area contributed by atoms with E-state index in [0.717, 1.165) is 5.01 Å². The fourth-order valence-corrected chi connectivity index (χ4v) is 2.89. The van der Waals surface area contributed by atoms with Gasteiger partial charge in [-0.05, 0) is 26.0 Å². The lowest BCUT2D eigenvalue weighted by atomic mass is 10.1. The quantitative estimate of drug-likeness (QED) is 0.535. The number of ether oxygens (including phenoxy) is 1. The highest BCUT2D eigenvalue weighted by molar-refractivity contribution is 7.09. The highest BCUT2D eigenvalue weighted by atomic mass is 32.1. The Morgan fingerprint density at radius 2 is 2.09 bits per heavy atom. The molecule has 0 fully saturated rings. The van der Waals surface area contributed by atoms with E-state index in [1.807, 2.05) is 12.3 Å². The molecule has 0 bridgehead atoms. The first kappa shape index (κ1) is 14.5. The van der Waals surface area contributed by atoms with Crippen LogP contribution in [0.25, 0.3) is 22.2 Å². The number of hydrogen-bond acceptors (Lipinski definition) is 6. The van der Waals surface area contributed by atoms with Crippen molar-refractivity contribution in [1.82, 2.24) is 4.98 Å². The Morgan fingerprint density at radius 1 is 1.32 bits per heavy atom. The number of aryl methyl sites for hydroxylation is 2. The molecular formula is C16H13NO4S. The molecule has 22 heavy (non-hydrogen) atoms. The Bertz CT molecular complexity index is 939. The molecule has 0 aliphatic rings. The van der Waals surface area contributed by atoms with Crippen LogP contribution in [-0.4, -0.2) is 11.0 Å². The van der Waals surface area contributed by atoms with E-state index >= 15 is 0 Å². The minimum atomic E-state index is -0.423. The highest BCUT2D eigenvalue weighted by Gasteiger charge is 2.16. The number of fused-ring (bicyclic) bond motifs is 1. The molecule has 0 aliphatic carbocycles. The molecule has 0 N–H and O–H groups in total. The second kappa shape index (κ2) is 5.38. The molecule has 1 aromatic carbocycles. The van der Waals surface area contributed by atoms with Gasteiger partial charge < -0.3 is 9.15 Å². The van der Waals surface area contributed by atoms with Crippen molar-refractivity contribution in [2.75, 3.05) is 0 Å². The van der Waals surface area contributed by atoms with Gasteiger partial charge in [-0.3, -0.25) is 9.59 Å². The lowest BCUT2D eigenvalue weighted by Gasteiger charge is -2.06. The van der Waals surface area contributed by atoms with E-state index in [0.29, 0.717) is 33.7 Å². The molecule has 5 nitrogen and oxygen atoms in total. The van der Waals surface area contributed by atoms with Crippen molar-refractivity contribution in [3.8, 4) is 17.0 Å². The first-order valence-electron chi connectivity index (χ1n) is 6.64. The minimum Gasteiger partial charge on any atom is -0.460 e. The average Bonchev–Trinajstić information content (AvgIpc) is 2.84. The summed E-state index contributed by atoms with van der Waals surface area (Å²) in [5, 5.41) is 3.16. The molecule has 0 aliphatic heterocycles. The summed E-state index contributed by atoms with van der Waals surface area (Å²) in [4.78, 5) is 28.0. The van der Waals surface area contributed by atoms with Crippen LogP contribution in [0.3, 0.4) is 0 Å². The van der Waals surface area contributed by atoms with Crippen LogP contribution in [0, 0.1) is 13.8 Å². The van der Waals surface area contributed by atoms with Crippen molar-refractivity contribution in [2.45, 2.75) is 20.8 Å². The Kier molecular flexibility index (Phi) is 3.54. The van der Waals surface area contributed by atoms with Crippen molar-refractivity contribution < 1.29 is 13.9 Å². The summed E-state index contributed by atoms with van der Waals surface area (Å²) < 4.78 is 10.7. The topological polar surface area (TPSA) is 69.4 Å². The number of carbonyl (C=O) groups excluding carboxylic acids is 1. The predicted octanol–water partition coefficient (Wildman–Crippen LogP) is 3.46. The van der Waals surface area contributed by atoms with Gasteiger partial charge in [-0.25, -0.2) is 4.98 Å². The zero-order valence-electron chi connectivity index (χ0n) is 12.3. The second-order valence-electron chi connectivity index (χ2n) is 4.87. The molecule has 0 saturated carbocycles. The van der Waals surface area contributed by atoms with Crippen molar-refractivity contribution in [3.05, 3.63) is 44.6 Å². The number of nitrogens with zero attached hydrogens (tertiary/aromatic N) is 1. The third kappa shape index (κ3) is 2.53. The van der Waals surface area contributed by atoms with Gasteiger partial charge in [0.15, 0.2) is 0 Å². The number of rotatable bonds is 2. The summed E-state index contributed by atoms with van der Waals surface area (Å²) >= 11 is 1.48. The Hall–Kier alpha value is -2.47. The fourth-order valence-electron chi connectivity index (χ4n) is 2.29. The van der Waals surface area contributed by atoms with Gasteiger partial charge >= 0.3 is 5.97 Å². The van der Waals surface area contributed by atoms with Gasteiger partial charge in [-0.1, -0.05) is 0 Å². The first-order chi connectivity index (χ1) is 10.5. The van der Waals surface area contributed by atoms with Gasteiger partial charge in [0.05, 0.1) is 21.7 Å². The Balaban J connectivity index is 2.21. The van der Waals surface area contributed by atoms with Crippen LogP contribution in [0.2, 0.25) is 0 Å². The second-order valence-corrected chi connectivity index (χ2v) is 5.93. The Labute approximate surface area is 130 Å². The van der Waals surface area contributed by atoms with E-state index in [2.05, 4.69) is 4.98 Å². The number of aromatic nitrogens is 1. The van der Waals surface area contributed by atoms with Gasteiger partial charge in [0.25, 0.3) is 0 Å². The summed E-state index contributed by atoms with van der Waals surface area (Å²) in [7, 11) is 0. The largest absolute Gasteiger partial charge is 0.460 e. The zero-order chi connectivity index (χ0) is 15.9. The molecule has 6 heteroatoms. The van der Waals surface area contributed by atoms with Gasteiger partial charge in [0, 0.05) is 18.4 Å². The molecule has 2 aromatic heterocycles. The number of thiazole rings is 1. The van der Waals surface area contributed by atoms with E-state index in [-0.39, 0.29) is 5.43 Å². The molecule has 0 atom stereocenters. The first-order valence-corrected chi connectivity index (χ1v) is 7.52. The molecule has 112 valence electrons. The van der Waals surface area contributed by atoms with Crippen LogP contribution in [0.15, 0.2) is 32.8 Å². The molecule has 0 unspecified atom stereocenters. The number of carbonyl (C=O) groups is 1. The molecule has 2 heterocycles. The maximum atomic E-state index is 12.7. The molecule has 3 rings (SSSR count). The number of benzene rings is 1. The summed E-state index contributed by atoms with van der Waals surface area (Å²) in [6.45, 7) is 4.93. The predicted molar refractivity (Wildman–Crippen MR) is 84.4 cm³/mol. The van der Waals surface area contributed by atoms with E-state index in [1.54, 1.807) is 25.1 Å². The highest BCUT2D eigenvalue weighted by Crippen LogP contribution is 2.27. The summed E-state index contributed by atoms with van der Waals surface area (Å²) in [6, 6.07) is 4.72. The van der Waals surface area contributed by atoms with Crippen LogP contribution < -0.4 is 10.2 Å². The third-order valence-electron chi connectivity index (χ3n) is 3.18. The average molecular weight is 315 g/mol. The molecule has 0 radical (unpaired) electrons. The van der Waals surface area contributed by atoms with E-state index < -0.39 is 5.97 Å². The van der Waals surface area contributed by atoms with Gasteiger partial charge in [-0.15, -0.1) is 11.3 Å². The maximum Gasteiger partial charge on any atom is 0.308 e. The van der Waals surface area contributed by atoms with Crippen molar-refractivity contribution in [1.29, 1.82) is 0 Å². The standard InChI is InChI=1S/C16H13NO4S/c1-8-15(13-7-22-9(2)17-13)16(19)12-5-4-11(21-10(3)18)6-14(12)20-8/h4-7H,1-3H3. The molecule has 3 aromatic rings. The van der Waals surface area contributed by atoms with Crippen LogP contribution in [0.5, 0.6) is 5.75 Å². The normalized spacial score (nSPS) is 10.9. The van der Waals surface area contributed by atoms with Crippen LogP contribution >= 0.6 is 11.3 Å². The lowest BCUT2D eigenvalue weighted by Crippen LogP contribution is -2.08. The third-order valence-corrected chi connectivity index (χ3v) is 3.95. The van der Waals surface area contributed by atoms with E-state index in [4.69, 9.17) is 9.15 Å². The van der Waals surface area contributed by atoms with Crippen molar-refractivity contribution in [2.24, 2.45) is 0 Å². The van der Waals surface area contributed by atoms with E-state index in [1.165, 1.54) is 18.3 Å². The zero-order valence-corrected chi connectivity index (χ0v) is 13.1. The van der Waals surface area contributed by atoms with Gasteiger partial charge in [0.1, 0.15) is 17.1 Å². The van der Waals surface area contributed by atoms with Crippen LogP contribution in [0.1, 0.15) is 17.7 Å². The van der Waals surface area contributed by atoms with Gasteiger partial charge in [-0.2, -0.15) is 0 Å². The van der Waals surface area contributed by atoms with Crippen molar-refractivity contribution >= 4 is 28.3 Å². The summed E-state index contributed by atoms with van der Waals surface area (Å²) in [5.74, 6) is 0.413. The summed E-state index contributed by atoms with van der Waals surface area (Å²) in [6.07, 6.45) is 0. The Morgan fingerprint density at radius 3 is 2.73 bits per heavy atom. The molecule has 0 spiro atoms. The molecule has 0 saturated heterocycles. The maximum absolute atomic E-state index is 12.7. The lowest BCUT2D eigenvalue weighted by molar-refractivity contribution is -0.131. The number of hydrogen-bond donors (Lipinski definition) is 0. The SMILES string of the molecule is CC(=O)Oc1ccc2c(=O)c(-c3csc(C)n3)c(C)oc2c1. The smallest absolute Gasteiger partial charge is 0.308 e. The fraction of sp³-hybridized carbons (Fsp3) is 0.188. The minimum absolute atomic E-state index is 0.140. The number of esters is 1.